The van der Waals surface area contributed by atoms with Gasteiger partial charge < -0.3 is 15.2 Å². The van der Waals surface area contributed by atoms with Gasteiger partial charge in [-0.15, -0.1) is 0 Å². The number of hydrogen-bond acceptors (Lipinski definition) is 3. The smallest absolute Gasteiger partial charge is 0.407 e. The Bertz CT molecular complexity index is 716. The van der Waals surface area contributed by atoms with E-state index in [9.17, 15) is 9.90 Å². The van der Waals surface area contributed by atoms with Crippen molar-refractivity contribution in [2.75, 3.05) is 13.2 Å². The van der Waals surface area contributed by atoms with Crippen molar-refractivity contribution in [2.45, 2.75) is 118 Å². The van der Waals surface area contributed by atoms with E-state index in [1.165, 1.54) is 57.8 Å². The van der Waals surface area contributed by atoms with Crippen LogP contribution in [0.15, 0.2) is 0 Å². The molecule has 1 amide bonds. The second kappa shape index (κ2) is 9.94. The van der Waals surface area contributed by atoms with E-state index >= 15 is 0 Å². The van der Waals surface area contributed by atoms with Crippen molar-refractivity contribution >= 4 is 6.09 Å². The fourth-order valence-corrected chi connectivity index (χ4v) is 10.00. The first kappa shape index (κ1) is 26.3. The lowest BCUT2D eigenvalue weighted by atomic mass is 9.43. The number of aliphatic hydroxyl groups is 1. The van der Waals surface area contributed by atoms with E-state index in [0.29, 0.717) is 29.3 Å². The molecule has 4 nitrogen and oxygen atoms in total. The van der Waals surface area contributed by atoms with Crippen molar-refractivity contribution in [2.24, 2.45) is 52.3 Å². The van der Waals surface area contributed by atoms with Crippen molar-refractivity contribution in [3.8, 4) is 0 Å². The maximum atomic E-state index is 11.7. The van der Waals surface area contributed by atoms with Gasteiger partial charge in [0.15, 0.2) is 0 Å². The lowest BCUT2D eigenvalue weighted by Crippen LogP contribution is -2.54. The Kier molecular flexibility index (Phi) is 7.69. The zero-order valence-corrected chi connectivity index (χ0v) is 23.0. The average Bonchev–Trinajstić information content (AvgIpc) is 3.10. The molecule has 0 spiro atoms. The Morgan fingerprint density at radius 3 is 2.47 bits per heavy atom. The summed E-state index contributed by atoms with van der Waals surface area (Å²) < 4.78 is 5.03. The van der Waals surface area contributed by atoms with Gasteiger partial charge in [-0.1, -0.05) is 20.8 Å². The molecular weight excluding hydrogens is 422 g/mol. The van der Waals surface area contributed by atoms with Crippen molar-refractivity contribution < 1.29 is 14.6 Å². The molecule has 34 heavy (non-hydrogen) atoms. The predicted molar refractivity (Wildman–Crippen MR) is 138 cm³/mol. The second-order valence-corrected chi connectivity index (χ2v) is 14.0. The molecule has 4 saturated carbocycles. The number of carbonyl (C=O) groups excluding carboxylic acids is 1. The van der Waals surface area contributed by atoms with E-state index in [1.54, 1.807) is 0 Å². The Morgan fingerprint density at radius 1 is 1.06 bits per heavy atom. The van der Waals surface area contributed by atoms with Gasteiger partial charge in [-0.25, -0.2) is 4.79 Å². The van der Waals surface area contributed by atoms with Crippen molar-refractivity contribution in [3.05, 3.63) is 0 Å². The van der Waals surface area contributed by atoms with Crippen molar-refractivity contribution in [1.29, 1.82) is 0 Å². The van der Waals surface area contributed by atoms with Crippen LogP contribution in [0.1, 0.15) is 112 Å². The highest BCUT2D eigenvalue weighted by Gasteiger charge is 2.60. The summed E-state index contributed by atoms with van der Waals surface area (Å²) in [6.07, 6.45) is 14.3. The van der Waals surface area contributed by atoms with Crippen LogP contribution in [-0.2, 0) is 4.74 Å². The number of nitrogens with one attached hydrogen (secondary N) is 1. The quantitative estimate of drug-likeness (QED) is 0.409. The maximum Gasteiger partial charge on any atom is 0.407 e. The van der Waals surface area contributed by atoms with E-state index in [2.05, 4.69) is 26.1 Å². The molecule has 0 unspecified atom stereocenters. The van der Waals surface area contributed by atoms with Crippen LogP contribution in [0.2, 0.25) is 0 Å². The SMILES string of the molecule is CCOC(=O)NCC[C@@H](C)[C@H]1CC[C@H]2[C@@H]3CC[C@@H]4C[C@H](CC(C)(C)O)CC[C@]4(C)[C@H]3CC[C@]12C. The molecule has 0 saturated heterocycles. The molecule has 4 aliphatic rings. The zero-order chi connectivity index (χ0) is 24.7. The molecule has 9 atom stereocenters. The molecule has 0 bridgehead atoms. The Morgan fingerprint density at radius 2 is 1.76 bits per heavy atom. The molecule has 0 aliphatic heterocycles. The molecular formula is C30H53NO3. The average molecular weight is 476 g/mol. The number of ether oxygens (including phenoxy) is 1. The van der Waals surface area contributed by atoms with Gasteiger partial charge in [-0.2, -0.15) is 0 Å². The van der Waals surface area contributed by atoms with E-state index in [1.807, 2.05) is 20.8 Å². The summed E-state index contributed by atoms with van der Waals surface area (Å²) in [5, 5.41) is 13.3. The molecule has 0 radical (unpaired) electrons. The fraction of sp³-hybridized carbons (Fsp3) is 0.967. The Labute approximate surface area is 209 Å². The minimum Gasteiger partial charge on any atom is -0.450 e. The largest absolute Gasteiger partial charge is 0.450 e. The van der Waals surface area contributed by atoms with Gasteiger partial charge in [0.05, 0.1) is 12.2 Å². The zero-order valence-electron chi connectivity index (χ0n) is 23.0. The minimum atomic E-state index is -0.524. The maximum absolute atomic E-state index is 11.7. The third-order valence-corrected chi connectivity index (χ3v) is 11.5. The first-order valence-electron chi connectivity index (χ1n) is 14.6. The summed E-state index contributed by atoms with van der Waals surface area (Å²) in [6.45, 7) is 14.7. The lowest BCUT2D eigenvalue weighted by molar-refractivity contribution is -0.124. The number of hydrogen-bond donors (Lipinski definition) is 2. The van der Waals surface area contributed by atoms with Crippen molar-refractivity contribution in [3.63, 3.8) is 0 Å². The molecule has 0 aromatic carbocycles. The molecule has 4 heteroatoms. The Hall–Kier alpha value is -0.770. The normalized spacial score (nSPS) is 42.8. The van der Waals surface area contributed by atoms with Gasteiger partial charge in [0, 0.05) is 6.54 Å². The van der Waals surface area contributed by atoms with Gasteiger partial charge in [-0.05, 0) is 144 Å². The van der Waals surface area contributed by atoms with Crippen LogP contribution >= 0.6 is 0 Å². The number of carbonyl (C=O) groups is 1. The van der Waals surface area contributed by atoms with Crippen LogP contribution in [0.5, 0.6) is 0 Å². The summed E-state index contributed by atoms with van der Waals surface area (Å²) in [5.74, 6) is 5.73. The molecule has 0 aromatic rings. The summed E-state index contributed by atoms with van der Waals surface area (Å²) in [6, 6.07) is 0. The van der Waals surface area contributed by atoms with Crippen LogP contribution in [0.4, 0.5) is 4.79 Å². The molecule has 0 aromatic heterocycles. The van der Waals surface area contributed by atoms with Gasteiger partial charge in [0.1, 0.15) is 0 Å². The predicted octanol–water partition coefficient (Wildman–Crippen LogP) is 7.19. The third kappa shape index (κ3) is 5.04. The Balaban J connectivity index is 1.38. The first-order valence-corrected chi connectivity index (χ1v) is 14.6. The molecule has 4 aliphatic carbocycles. The van der Waals surface area contributed by atoms with Crippen LogP contribution in [0.3, 0.4) is 0 Å². The lowest BCUT2D eigenvalue weighted by Gasteiger charge is -2.61. The minimum absolute atomic E-state index is 0.270. The van der Waals surface area contributed by atoms with E-state index in [0.717, 1.165) is 49.0 Å². The highest BCUT2D eigenvalue weighted by atomic mass is 16.5. The molecule has 4 rings (SSSR count). The highest BCUT2D eigenvalue weighted by molar-refractivity contribution is 5.66. The summed E-state index contributed by atoms with van der Waals surface area (Å²) in [7, 11) is 0. The second-order valence-electron chi connectivity index (χ2n) is 14.0. The number of amides is 1. The standard InChI is InChI=1S/C30H53NO3/c1-7-34-27(32)31-17-14-20(2)24-10-11-25-23-9-8-22-18-21(19-28(3,4)33)12-15-29(22,5)26(23)13-16-30(24,25)6/h20-26,33H,7-19H2,1-6H3,(H,31,32)/t20-,21-,22-,23+,24-,25+,26+,29+,30-/m1/s1. The molecule has 2 N–H and O–H groups in total. The summed E-state index contributed by atoms with van der Waals surface area (Å²) >= 11 is 0. The van der Waals surface area contributed by atoms with Crippen LogP contribution in [0, 0.1) is 52.3 Å². The van der Waals surface area contributed by atoms with Crippen LogP contribution < -0.4 is 5.32 Å². The summed E-state index contributed by atoms with van der Waals surface area (Å²) in [5.41, 5.74) is 0.475. The first-order chi connectivity index (χ1) is 16.0. The van der Waals surface area contributed by atoms with E-state index in [4.69, 9.17) is 4.74 Å². The van der Waals surface area contributed by atoms with E-state index in [-0.39, 0.29) is 6.09 Å². The molecule has 4 fully saturated rings. The van der Waals surface area contributed by atoms with Crippen LogP contribution in [-0.4, -0.2) is 30.0 Å². The van der Waals surface area contributed by atoms with Gasteiger partial charge in [-0.3, -0.25) is 0 Å². The third-order valence-electron chi connectivity index (χ3n) is 11.5. The topological polar surface area (TPSA) is 58.6 Å². The van der Waals surface area contributed by atoms with Crippen LogP contribution in [0.25, 0.3) is 0 Å². The summed E-state index contributed by atoms with van der Waals surface area (Å²) in [4.78, 5) is 11.7. The number of alkyl carbamates (subject to hydrolysis) is 1. The van der Waals surface area contributed by atoms with Gasteiger partial charge in [0.2, 0.25) is 0 Å². The molecule has 196 valence electrons. The monoisotopic (exact) mass is 475 g/mol. The van der Waals surface area contributed by atoms with E-state index < -0.39 is 5.60 Å². The fourth-order valence-electron chi connectivity index (χ4n) is 10.00. The number of fused-ring (bicyclic) bond motifs is 5. The molecule has 0 heterocycles. The number of rotatable bonds is 7. The van der Waals surface area contributed by atoms with Gasteiger partial charge in [0.25, 0.3) is 0 Å². The van der Waals surface area contributed by atoms with Gasteiger partial charge >= 0.3 is 6.09 Å². The highest BCUT2D eigenvalue weighted by Crippen LogP contribution is 2.68. The van der Waals surface area contributed by atoms with Crippen molar-refractivity contribution in [1.82, 2.24) is 5.32 Å².